The topological polar surface area (TPSA) is 480 Å². The van der Waals surface area contributed by atoms with Crippen LogP contribution < -0.4 is 60.2 Å². The van der Waals surface area contributed by atoms with Crippen molar-refractivity contribution < 1.29 is 84.1 Å². The lowest BCUT2D eigenvalue weighted by atomic mass is 9.69. The molecule has 0 saturated carbocycles. The monoisotopic (exact) mass is 1640 g/mol. The number of ketones is 4. The van der Waals surface area contributed by atoms with Crippen molar-refractivity contribution in [1.29, 1.82) is 0 Å². The molecule has 0 aliphatic rings. The number of nitrogens with two attached hydrogens (primary N) is 4. The van der Waals surface area contributed by atoms with E-state index in [1.54, 1.807) is 54.7 Å². The number of aromatic nitrogens is 2. The molecule has 115 heavy (non-hydrogen) atoms. The fourth-order valence-electron chi connectivity index (χ4n) is 12.2. The molecule has 666 valence electrons. The number of imidazole rings is 1. The second-order valence-corrected chi connectivity index (χ2v) is 32.1. The molecule has 0 aliphatic carbocycles. The number of carbonyl (C=O) groups excluding carboxylic acids is 12. The highest BCUT2D eigenvalue weighted by Gasteiger charge is 2.42. The van der Waals surface area contributed by atoms with E-state index >= 15 is 0 Å². The first kappa shape index (κ1) is 108. The molecule has 1 aromatic heterocycles. The summed E-state index contributed by atoms with van der Waals surface area (Å²) in [6.07, 6.45) is 31.9. The highest BCUT2D eigenvalue weighted by atomic mass is 16.5. The van der Waals surface area contributed by atoms with Gasteiger partial charge in [0.2, 0.25) is 47.3 Å². The Morgan fingerprint density at radius 1 is 0.470 bits per heavy atom. The predicted octanol–water partition coefficient (Wildman–Crippen LogP) is 8.32. The standard InChI is InChI=1S/C55H105N7O12.C29H49N7O5.2H2/c1-4-6-8-10-12-14-16-18-20-30-49(63)57-34-26-27-37-72-46-53(67)62-48(55(69)61-36-39-71-41-43-74-44-51(65)58-32-24-22-28-47(3)54(56)68)29-23-25-33-59-52(66)45-73-42-40-70-38-35-60-50(64)31-21-19-17-15-13-11-9-7-5-2;1-27(2,13-21(37)20(30)12-19-16-34-17-36-19)23(39)15-29(5,6)24(40)14-28(3,4)22(38)11-18(25(41)33-7)9-8-10-35-26(31)32;;/h47-48H,4-46H2,1-3H3,(H2,56,68)(H,57,63)(H,58,65)(H,59,66)(H,60,64)(H,61,69)(H,62,67);16-18,20H,8-15,30H2,1-7H3,(H,33,41)(H,34,36)(H4,31,32,35);2*1H/t47-,48-;18-,20+;;/m01../s1. The van der Waals surface area contributed by atoms with Crippen molar-refractivity contribution in [3.63, 3.8) is 0 Å². The van der Waals surface area contributed by atoms with Gasteiger partial charge in [0, 0.05) is 141 Å². The molecule has 0 unspecified atom stereocenters. The maximum atomic E-state index is 13.4. The van der Waals surface area contributed by atoms with Gasteiger partial charge in [-0.05, 0) is 70.6 Å². The first-order valence-corrected chi connectivity index (χ1v) is 42.8. The van der Waals surface area contributed by atoms with Crippen LogP contribution in [0.1, 0.15) is 289 Å². The second-order valence-electron chi connectivity index (χ2n) is 32.1. The number of ether oxygens (including phenoxy) is 5. The Morgan fingerprint density at radius 2 is 0.904 bits per heavy atom. The van der Waals surface area contributed by atoms with Gasteiger partial charge in [-0.15, -0.1) is 0 Å². The Labute approximate surface area is 690 Å². The third-order valence-corrected chi connectivity index (χ3v) is 19.9. The summed E-state index contributed by atoms with van der Waals surface area (Å²) in [5.41, 5.74) is 19.6. The maximum absolute atomic E-state index is 13.4. The lowest BCUT2D eigenvalue weighted by Gasteiger charge is -2.32. The number of hydrogen-bond acceptors (Lipinski definition) is 20. The van der Waals surface area contributed by atoms with Gasteiger partial charge in [-0.25, -0.2) is 4.98 Å². The Balaban J connectivity index is -0.00000255. The van der Waals surface area contributed by atoms with E-state index in [9.17, 15) is 57.5 Å². The third kappa shape index (κ3) is 59.9. The van der Waals surface area contributed by atoms with Crippen LogP contribution in [0.25, 0.3) is 0 Å². The number of hydrogen-bond donors (Lipinski definition) is 12. The lowest BCUT2D eigenvalue weighted by Crippen LogP contribution is -2.48. The summed E-state index contributed by atoms with van der Waals surface area (Å²) in [4.78, 5) is 162. The Bertz CT molecular complexity index is 2910. The van der Waals surface area contributed by atoms with Crippen molar-refractivity contribution in [2.24, 2.45) is 56.0 Å². The van der Waals surface area contributed by atoms with Gasteiger partial charge in [0.25, 0.3) is 0 Å². The summed E-state index contributed by atoms with van der Waals surface area (Å²) < 4.78 is 27.4. The van der Waals surface area contributed by atoms with Crippen LogP contribution in [0, 0.1) is 28.1 Å². The van der Waals surface area contributed by atoms with E-state index in [2.05, 4.69) is 66.0 Å². The summed E-state index contributed by atoms with van der Waals surface area (Å²) in [6, 6.07) is -1.62. The number of amides is 8. The molecular formula is C84H158N14O17. The highest BCUT2D eigenvalue weighted by molar-refractivity contribution is 5.98. The van der Waals surface area contributed by atoms with E-state index in [4.69, 9.17) is 46.6 Å². The van der Waals surface area contributed by atoms with Gasteiger partial charge in [0.05, 0.1) is 52.0 Å². The van der Waals surface area contributed by atoms with Crippen molar-refractivity contribution in [3.8, 4) is 0 Å². The maximum Gasteiger partial charge on any atom is 0.246 e. The molecule has 8 amide bonds. The van der Waals surface area contributed by atoms with Gasteiger partial charge in [-0.2, -0.15) is 0 Å². The summed E-state index contributed by atoms with van der Waals surface area (Å²) in [7, 11) is 1.51. The third-order valence-electron chi connectivity index (χ3n) is 19.9. The number of aromatic amines is 1. The van der Waals surface area contributed by atoms with Crippen LogP contribution in [-0.2, 0) is 87.6 Å². The molecule has 0 fully saturated rings. The largest absolute Gasteiger partial charge is 0.377 e. The number of rotatable bonds is 75. The van der Waals surface area contributed by atoms with Crippen LogP contribution >= 0.6 is 0 Å². The van der Waals surface area contributed by atoms with Gasteiger partial charge in [-0.3, -0.25) is 62.5 Å². The van der Waals surface area contributed by atoms with Crippen molar-refractivity contribution in [1.82, 2.24) is 47.2 Å². The number of Topliss-reactive ketones (excluding diaryl/α,β-unsaturated/α-hetero) is 4. The summed E-state index contributed by atoms with van der Waals surface area (Å²) >= 11 is 0. The SMILES string of the molecule is CCCCCCCCCCCC(=O)NCCCCOCC(=O)N[C@@H](CCCCNC(=O)COCCOCCNC(=O)CCCCCCCCCCC)C(=O)NCCOCCOCC(=O)NCCCC[C@H](C)C(N)=O.CNC(=O)[C@H](CCCN=C(N)N)CC(=O)C(C)(C)CC(=O)C(C)(C)CC(=O)C(C)(C)CC(=O)[C@@H](N)Cc1cnc[nH]1.[HH].[HH]. The number of guanidine groups is 1. The minimum atomic E-state index is -1.06. The zero-order chi connectivity index (χ0) is 86.0. The Morgan fingerprint density at radius 3 is 1.39 bits per heavy atom. The van der Waals surface area contributed by atoms with E-state index in [0.717, 1.165) is 50.6 Å². The van der Waals surface area contributed by atoms with Crippen LogP contribution in [0.3, 0.4) is 0 Å². The average molecular weight is 1640 g/mol. The van der Waals surface area contributed by atoms with Crippen LogP contribution in [-0.4, -0.2) is 211 Å². The van der Waals surface area contributed by atoms with E-state index in [-0.39, 0.29) is 164 Å². The van der Waals surface area contributed by atoms with Gasteiger partial charge in [-0.1, -0.05) is 171 Å². The second kappa shape index (κ2) is 67.7. The van der Waals surface area contributed by atoms with Gasteiger partial charge in [0.1, 0.15) is 43.2 Å². The molecule has 0 aliphatic heterocycles. The Kier molecular flexibility index (Phi) is 63.4. The molecule has 1 aromatic rings. The van der Waals surface area contributed by atoms with E-state index < -0.39 is 40.2 Å². The van der Waals surface area contributed by atoms with E-state index in [0.29, 0.717) is 110 Å². The highest BCUT2D eigenvalue weighted by Crippen LogP contribution is 2.36. The molecule has 0 aromatic carbocycles. The number of primary amides is 1. The van der Waals surface area contributed by atoms with Crippen LogP contribution in [0.5, 0.6) is 0 Å². The van der Waals surface area contributed by atoms with Crippen molar-refractivity contribution in [2.45, 2.75) is 299 Å². The van der Waals surface area contributed by atoms with E-state index in [1.165, 1.54) is 103 Å². The van der Waals surface area contributed by atoms with E-state index in [1.807, 2.05) is 0 Å². The molecule has 1 heterocycles. The number of aliphatic imine (C=N–C) groups is 1. The minimum Gasteiger partial charge on any atom is -0.377 e. The molecule has 0 radical (unpaired) electrons. The smallest absolute Gasteiger partial charge is 0.246 e. The number of H-pyrrole nitrogens is 1. The molecule has 16 N–H and O–H groups in total. The normalized spacial score (nSPS) is 12.5. The van der Waals surface area contributed by atoms with Crippen LogP contribution in [0.2, 0.25) is 0 Å². The summed E-state index contributed by atoms with van der Waals surface area (Å²) in [5, 5.41) is 19.6. The molecule has 0 saturated heterocycles. The molecular weight excluding hydrogens is 1480 g/mol. The first-order valence-electron chi connectivity index (χ1n) is 42.8. The molecule has 0 bridgehead atoms. The zero-order valence-electron chi connectivity index (χ0n) is 72.2. The molecule has 1 rings (SSSR count). The molecule has 0 spiro atoms. The fourth-order valence-corrected chi connectivity index (χ4v) is 12.2. The first-order chi connectivity index (χ1) is 54.8. The lowest BCUT2D eigenvalue weighted by molar-refractivity contribution is -0.141. The zero-order valence-corrected chi connectivity index (χ0v) is 72.2. The van der Waals surface area contributed by atoms with Crippen molar-refractivity contribution in [2.75, 3.05) is 112 Å². The van der Waals surface area contributed by atoms with Gasteiger partial charge >= 0.3 is 0 Å². The van der Waals surface area contributed by atoms with Crippen molar-refractivity contribution >= 4 is 76.3 Å². The average Bonchev–Trinajstić information content (AvgIpc) is 1.01. The quantitative estimate of drug-likeness (QED) is 0.0166. The summed E-state index contributed by atoms with van der Waals surface area (Å²) in [6.45, 7) is 20.0. The molecule has 31 nitrogen and oxygen atoms in total. The van der Waals surface area contributed by atoms with Crippen molar-refractivity contribution in [3.05, 3.63) is 18.2 Å². The number of nitrogens with zero attached hydrogens (tertiary/aromatic N) is 2. The minimum absolute atomic E-state index is 0. The number of nitrogens with one attached hydrogen (secondary N) is 8. The van der Waals surface area contributed by atoms with Gasteiger partial charge < -0.3 is 88.8 Å². The molecule has 4 atom stereocenters. The number of carbonyl (C=O) groups is 12. The molecule has 31 heteroatoms. The fraction of sp³-hybridized carbons (Fsp3) is 0.810. The summed E-state index contributed by atoms with van der Waals surface area (Å²) in [5.74, 6) is -3.59. The van der Waals surface area contributed by atoms with Crippen LogP contribution in [0.15, 0.2) is 17.5 Å². The Hall–Kier alpha value is -7.32. The number of unbranched alkanes of at least 4 members (excludes halogenated alkanes) is 19. The van der Waals surface area contributed by atoms with Gasteiger partial charge in [0.15, 0.2) is 11.7 Å². The van der Waals surface area contributed by atoms with Crippen LogP contribution in [0.4, 0.5) is 0 Å². The predicted molar refractivity (Wildman–Crippen MR) is 452 cm³/mol.